The van der Waals surface area contributed by atoms with Crippen LogP contribution in [0.3, 0.4) is 0 Å². The van der Waals surface area contributed by atoms with Crippen molar-refractivity contribution in [3.05, 3.63) is 16.9 Å². The minimum atomic E-state index is 0.00487. The van der Waals surface area contributed by atoms with Gasteiger partial charge < -0.3 is 10.6 Å². The third-order valence-electron chi connectivity index (χ3n) is 4.51. The molecule has 1 fully saturated rings. The molecule has 1 aliphatic carbocycles. The van der Waals surface area contributed by atoms with E-state index in [0.29, 0.717) is 0 Å². The summed E-state index contributed by atoms with van der Waals surface area (Å²) in [4.78, 5) is 2.15. The third-order valence-corrected chi connectivity index (χ3v) is 4.80. The molecule has 4 nitrogen and oxygen atoms in total. The van der Waals surface area contributed by atoms with Crippen molar-refractivity contribution in [2.24, 2.45) is 11.7 Å². The van der Waals surface area contributed by atoms with Gasteiger partial charge in [-0.1, -0.05) is 50.1 Å². The van der Waals surface area contributed by atoms with E-state index in [0.717, 1.165) is 36.1 Å². The van der Waals surface area contributed by atoms with Crippen molar-refractivity contribution in [1.29, 1.82) is 0 Å². The van der Waals surface area contributed by atoms with Crippen molar-refractivity contribution in [1.82, 2.24) is 14.7 Å². The second-order valence-corrected chi connectivity index (χ2v) is 7.01. The van der Waals surface area contributed by atoms with Crippen molar-refractivity contribution >= 4 is 11.6 Å². The molecule has 21 heavy (non-hydrogen) atoms. The first-order valence-corrected chi connectivity index (χ1v) is 8.57. The number of nitrogens with zero attached hydrogens (tertiary/aromatic N) is 3. The monoisotopic (exact) mass is 312 g/mol. The molecule has 1 aliphatic rings. The molecule has 0 bridgehead atoms. The zero-order valence-electron chi connectivity index (χ0n) is 13.4. The fourth-order valence-electron chi connectivity index (χ4n) is 3.28. The Morgan fingerprint density at radius 1 is 1.33 bits per heavy atom. The Kier molecular flexibility index (Phi) is 6.52. The fraction of sp³-hybridized carbons (Fsp3) is 0.812. The second kappa shape index (κ2) is 8.16. The summed E-state index contributed by atoms with van der Waals surface area (Å²) in [5.74, 6) is 0.746. The summed E-state index contributed by atoms with van der Waals surface area (Å²) in [7, 11) is 4.13. The molecular formula is C16H29ClN4. The highest BCUT2D eigenvalue weighted by Crippen LogP contribution is 2.32. The molecule has 0 amide bonds. The summed E-state index contributed by atoms with van der Waals surface area (Å²) in [6.45, 7) is 1.79. The second-order valence-electron chi connectivity index (χ2n) is 6.60. The lowest BCUT2D eigenvalue weighted by molar-refractivity contribution is 0.352. The number of likely N-dealkylation sites (N-methyl/N-ethyl adjacent to an activating group) is 1. The van der Waals surface area contributed by atoms with E-state index in [1.165, 1.54) is 38.5 Å². The van der Waals surface area contributed by atoms with Gasteiger partial charge in [-0.25, -0.2) is 0 Å². The molecule has 2 N–H and O–H groups in total. The van der Waals surface area contributed by atoms with Gasteiger partial charge in [0.15, 0.2) is 0 Å². The molecule has 2 rings (SSSR count). The minimum Gasteiger partial charge on any atom is -0.323 e. The Balaban J connectivity index is 2.00. The largest absolute Gasteiger partial charge is 0.323 e. The normalized spacial score (nSPS) is 18.9. The van der Waals surface area contributed by atoms with Crippen LogP contribution in [0.25, 0.3) is 0 Å². The summed E-state index contributed by atoms with van der Waals surface area (Å²) in [5.41, 5.74) is 7.49. The van der Waals surface area contributed by atoms with Crippen LogP contribution in [0.4, 0.5) is 0 Å². The molecule has 1 saturated carbocycles. The van der Waals surface area contributed by atoms with Crippen molar-refractivity contribution in [3.63, 3.8) is 0 Å². The Labute approximate surface area is 133 Å². The lowest BCUT2D eigenvalue weighted by Crippen LogP contribution is -2.24. The summed E-state index contributed by atoms with van der Waals surface area (Å²) >= 11 is 6.33. The van der Waals surface area contributed by atoms with Crippen molar-refractivity contribution in [2.45, 2.75) is 57.5 Å². The van der Waals surface area contributed by atoms with Crippen LogP contribution in [0.2, 0.25) is 5.02 Å². The lowest BCUT2D eigenvalue weighted by Gasteiger charge is -2.21. The smallest absolute Gasteiger partial charge is 0.0834 e. The van der Waals surface area contributed by atoms with Crippen molar-refractivity contribution in [3.8, 4) is 0 Å². The maximum Gasteiger partial charge on any atom is 0.0834 e. The molecule has 0 radical (unpaired) electrons. The first-order valence-electron chi connectivity index (χ1n) is 8.19. The number of hydrogen-bond acceptors (Lipinski definition) is 3. The summed E-state index contributed by atoms with van der Waals surface area (Å²) < 4.78 is 1.99. The third kappa shape index (κ3) is 4.97. The van der Waals surface area contributed by atoms with E-state index in [9.17, 15) is 0 Å². The highest BCUT2D eigenvalue weighted by atomic mass is 35.5. The van der Waals surface area contributed by atoms with Gasteiger partial charge in [-0.05, 0) is 26.4 Å². The van der Waals surface area contributed by atoms with Crippen molar-refractivity contribution in [2.75, 3.05) is 20.6 Å². The Morgan fingerprint density at radius 3 is 2.62 bits per heavy atom. The van der Waals surface area contributed by atoms with E-state index in [-0.39, 0.29) is 6.04 Å². The highest BCUT2D eigenvalue weighted by molar-refractivity contribution is 6.31. The molecular weight excluding hydrogens is 284 g/mol. The van der Waals surface area contributed by atoms with Crippen LogP contribution in [0.5, 0.6) is 0 Å². The minimum absolute atomic E-state index is 0.00487. The number of aromatic nitrogens is 2. The Hall–Kier alpha value is -0.580. The molecule has 1 unspecified atom stereocenters. The molecule has 0 spiro atoms. The zero-order valence-corrected chi connectivity index (χ0v) is 14.1. The summed E-state index contributed by atoms with van der Waals surface area (Å²) in [5, 5.41) is 5.12. The van der Waals surface area contributed by atoms with Gasteiger partial charge in [0.1, 0.15) is 0 Å². The van der Waals surface area contributed by atoms with Crippen LogP contribution >= 0.6 is 11.6 Å². The molecule has 1 aromatic rings. The number of nitrogens with two attached hydrogens (primary N) is 1. The average Bonchev–Trinajstić information content (AvgIpc) is 2.63. The highest BCUT2D eigenvalue weighted by Gasteiger charge is 2.22. The molecule has 1 atom stereocenters. The van der Waals surface area contributed by atoms with Crippen LogP contribution in [0, 0.1) is 5.92 Å². The lowest BCUT2D eigenvalue weighted by atomic mass is 9.91. The van der Waals surface area contributed by atoms with Gasteiger partial charge in [-0.15, -0.1) is 0 Å². The van der Waals surface area contributed by atoms with Gasteiger partial charge in [0.05, 0.1) is 23.5 Å². The van der Waals surface area contributed by atoms with Gasteiger partial charge in [-0.2, -0.15) is 5.10 Å². The van der Waals surface area contributed by atoms with Crippen LogP contribution in [0.1, 0.15) is 56.7 Å². The van der Waals surface area contributed by atoms with Crippen LogP contribution in [-0.4, -0.2) is 35.3 Å². The predicted octanol–water partition coefficient (Wildman–Crippen LogP) is 3.46. The topological polar surface area (TPSA) is 47.1 Å². The standard InChI is InChI=1S/C16H29ClN4/c1-20(2)9-10-21-16(14(17)12-19-21)15(18)11-13-7-5-3-4-6-8-13/h12-13,15H,3-11,18H2,1-2H3. The van der Waals surface area contributed by atoms with Crippen LogP contribution in [-0.2, 0) is 6.54 Å². The van der Waals surface area contributed by atoms with E-state index in [1.54, 1.807) is 6.20 Å². The van der Waals surface area contributed by atoms with E-state index < -0.39 is 0 Å². The van der Waals surface area contributed by atoms with Gasteiger partial charge in [0.2, 0.25) is 0 Å². The summed E-state index contributed by atoms with van der Waals surface area (Å²) in [6, 6.07) is 0.00487. The van der Waals surface area contributed by atoms with E-state index in [2.05, 4.69) is 24.1 Å². The van der Waals surface area contributed by atoms with E-state index in [4.69, 9.17) is 17.3 Å². The van der Waals surface area contributed by atoms with Crippen molar-refractivity contribution < 1.29 is 0 Å². The van der Waals surface area contributed by atoms with Crippen LogP contribution in [0.15, 0.2) is 6.20 Å². The molecule has 5 heteroatoms. The number of halogens is 1. The van der Waals surface area contributed by atoms with Gasteiger partial charge in [0.25, 0.3) is 0 Å². The molecule has 1 heterocycles. The van der Waals surface area contributed by atoms with E-state index in [1.807, 2.05) is 4.68 Å². The molecule has 0 saturated heterocycles. The summed E-state index contributed by atoms with van der Waals surface area (Å²) in [6.07, 6.45) is 10.9. The Bertz CT molecular complexity index is 422. The predicted molar refractivity (Wildman–Crippen MR) is 88.5 cm³/mol. The molecule has 120 valence electrons. The van der Waals surface area contributed by atoms with Gasteiger partial charge in [0, 0.05) is 12.6 Å². The van der Waals surface area contributed by atoms with Gasteiger partial charge >= 0.3 is 0 Å². The quantitative estimate of drug-likeness (QED) is 0.818. The molecule has 1 aromatic heterocycles. The Morgan fingerprint density at radius 2 is 2.00 bits per heavy atom. The number of hydrogen-bond donors (Lipinski definition) is 1. The SMILES string of the molecule is CN(C)CCn1ncc(Cl)c1C(N)CC1CCCCCC1. The molecule has 0 aromatic carbocycles. The maximum absolute atomic E-state index is 6.47. The fourth-order valence-corrected chi connectivity index (χ4v) is 3.57. The van der Waals surface area contributed by atoms with Gasteiger partial charge in [-0.3, -0.25) is 4.68 Å². The van der Waals surface area contributed by atoms with Crippen LogP contribution < -0.4 is 5.73 Å². The zero-order chi connectivity index (χ0) is 15.2. The first kappa shape index (κ1) is 16.8. The molecule has 0 aliphatic heterocycles. The number of rotatable bonds is 6. The average molecular weight is 313 g/mol. The first-order chi connectivity index (χ1) is 10.1. The maximum atomic E-state index is 6.47. The van der Waals surface area contributed by atoms with E-state index >= 15 is 0 Å².